The second-order valence-corrected chi connectivity index (χ2v) is 6.58. The zero-order chi connectivity index (χ0) is 16.6. The molecular weight excluding hydrogens is 297 g/mol. The molecule has 3 atom stereocenters. The van der Waals surface area contributed by atoms with Gasteiger partial charge in [0.2, 0.25) is 11.8 Å². The average molecular weight is 319 g/mol. The Bertz CT molecular complexity index is 632. The molecule has 2 aliphatic rings. The first kappa shape index (κ1) is 15.9. The van der Waals surface area contributed by atoms with E-state index in [1.54, 1.807) is 6.07 Å². The average Bonchev–Trinajstić information content (AvgIpc) is 2.53. The highest BCUT2D eigenvalue weighted by Crippen LogP contribution is 2.35. The molecule has 0 aromatic heterocycles. The molecule has 0 radical (unpaired) electrons. The fourth-order valence-corrected chi connectivity index (χ4v) is 3.52. The number of halogens is 1. The molecule has 23 heavy (non-hydrogen) atoms. The highest BCUT2D eigenvalue weighted by molar-refractivity contribution is 6.01. The van der Waals surface area contributed by atoms with Gasteiger partial charge in [0.05, 0.1) is 5.92 Å². The Hall–Kier alpha value is -1.95. The van der Waals surface area contributed by atoms with E-state index in [9.17, 15) is 14.0 Å². The summed E-state index contributed by atoms with van der Waals surface area (Å²) >= 11 is 0. The molecule has 2 aliphatic heterocycles. The van der Waals surface area contributed by atoms with E-state index < -0.39 is 11.7 Å². The maximum absolute atomic E-state index is 13.4. The summed E-state index contributed by atoms with van der Waals surface area (Å²) in [5.41, 5.74) is 7.08. The van der Waals surface area contributed by atoms with Gasteiger partial charge >= 0.3 is 0 Å². The summed E-state index contributed by atoms with van der Waals surface area (Å²) in [5, 5.41) is 2.65. The minimum Gasteiger partial charge on any atom is -0.342 e. The molecule has 1 saturated heterocycles. The predicted octanol–water partition coefficient (Wildman–Crippen LogP) is 1.84. The third-order valence-electron chi connectivity index (χ3n) is 4.87. The lowest BCUT2D eigenvalue weighted by molar-refractivity contribution is -0.136. The number of anilines is 1. The standard InChI is InChI=1S/C17H22FN3O2/c1-10(19)11-3-2-6-21(9-11)17(23)14-8-16(22)20-15-7-12(18)4-5-13(14)15/h4-5,7,10-11,14H,2-3,6,8-9,19H2,1H3,(H,20,22). The van der Waals surface area contributed by atoms with E-state index in [1.165, 1.54) is 12.1 Å². The van der Waals surface area contributed by atoms with Crippen molar-refractivity contribution in [1.82, 2.24) is 4.90 Å². The van der Waals surface area contributed by atoms with Crippen LogP contribution in [0.4, 0.5) is 10.1 Å². The zero-order valence-electron chi connectivity index (χ0n) is 13.2. The van der Waals surface area contributed by atoms with Gasteiger partial charge in [0.25, 0.3) is 0 Å². The van der Waals surface area contributed by atoms with Crippen molar-refractivity contribution in [2.24, 2.45) is 11.7 Å². The van der Waals surface area contributed by atoms with Crippen molar-refractivity contribution in [3.8, 4) is 0 Å². The lowest BCUT2D eigenvalue weighted by atomic mass is 9.87. The van der Waals surface area contributed by atoms with Crippen LogP contribution in [0.25, 0.3) is 0 Å². The lowest BCUT2D eigenvalue weighted by Crippen LogP contribution is -2.47. The van der Waals surface area contributed by atoms with Crippen LogP contribution in [0.15, 0.2) is 18.2 Å². The van der Waals surface area contributed by atoms with E-state index in [0.717, 1.165) is 12.8 Å². The second kappa shape index (κ2) is 6.28. The highest BCUT2D eigenvalue weighted by atomic mass is 19.1. The number of benzene rings is 1. The van der Waals surface area contributed by atoms with Crippen molar-refractivity contribution in [3.63, 3.8) is 0 Å². The zero-order valence-corrected chi connectivity index (χ0v) is 13.2. The Kier molecular flexibility index (Phi) is 4.35. The maximum Gasteiger partial charge on any atom is 0.230 e. The summed E-state index contributed by atoms with van der Waals surface area (Å²) in [5.74, 6) is -0.976. The summed E-state index contributed by atoms with van der Waals surface area (Å²) in [6.45, 7) is 3.28. The van der Waals surface area contributed by atoms with Crippen molar-refractivity contribution in [2.45, 2.75) is 38.1 Å². The van der Waals surface area contributed by atoms with Crippen LogP contribution in [0.3, 0.4) is 0 Å². The van der Waals surface area contributed by atoms with E-state index >= 15 is 0 Å². The summed E-state index contributed by atoms with van der Waals surface area (Å²) in [6, 6.07) is 4.24. The Balaban J connectivity index is 1.84. The Labute approximate surface area is 135 Å². The molecule has 3 rings (SSSR count). The van der Waals surface area contributed by atoms with Crippen molar-refractivity contribution in [3.05, 3.63) is 29.6 Å². The molecule has 3 N–H and O–H groups in total. The number of hydrogen-bond acceptors (Lipinski definition) is 3. The molecule has 1 aromatic rings. The topological polar surface area (TPSA) is 75.4 Å². The molecule has 0 saturated carbocycles. The van der Waals surface area contributed by atoms with E-state index in [0.29, 0.717) is 24.3 Å². The van der Waals surface area contributed by atoms with E-state index in [-0.39, 0.29) is 30.2 Å². The third-order valence-corrected chi connectivity index (χ3v) is 4.87. The fraction of sp³-hybridized carbons (Fsp3) is 0.529. The van der Waals surface area contributed by atoms with E-state index in [4.69, 9.17) is 5.73 Å². The van der Waals surface area contributed by atoms with Crippen molar-refractivity contribution >= 4 is 17.5 Å². The van der Waals surface area contributed by atoms with Crippen LogP contribution in [0.2, 0.25) is 0 Å². The first-order chi connectivity index (χ1) is 11.0. The molecule has 3 unspecified atom stereocenters. The second-order valence-electron chi connectivity index (χ2n) is 6.58. The Morgan fingerprint density at radius 2 is 2.26 bits per heavy atom. The largest absolute Gasteiger partial charge is 0.342 e. The molecule has 0 bridgehead atoms. The van der Waals surface area contributed by atoms with Gasteiger partial charge in [-0.3, -0.25) is 9.59 Å². The van der Waals surface area contributed by atoms with Crippen LogP contribution in [-0.2, 0) is 9.59 Å². The number of nitrogens with two attached hydrogens (primary N) is 1. The van der Waals surface area contributed by atoms with Gasteiger partial charge in [-0.2, -0.15) is 0 Å². The van der Waals surface area contributed by atoms with Crippen LogP contribution in [0.5, 0.6) is 0 Å². The summed E-state index contributed by atoms with van der Waals surface area (Å²) in [6.07, 6.45) is 2.05. The number of piperidine rings is 1. The quantitative estimate of drug-likeness (QED) is 0.873. The number of rotatable bonds is 2. The molecule has 124 valence electrons. The summed E-state index contributed by atoms with van der Waals surface area (Å²) < 4.78 is 13.4. The molecule has 1 fully saturated rings. The van der Waals surface area contributed by atoms with Crippen LogP contribution in [0.1, 0.15) is 37.7 Å². The first-order valence-electron chi connectivity index (χ1n) is 8.09. The van der Waals surface area contributed by atoms with Gasteiger partial charge in [-0.15, -0.1) is 0 Å². The van der Waals surface area contributed by atoms with Gasteiger partial charge in [0.15, 0.2) is 0 Å². The van der Waals surface area contributed by atoms with Crippen LogP contribution in [0, 0.1) is 11.7 Å². The van der Waals surface area contributed by atoms with E-state index in [2.05, 4.69) is 5.32 Å². The minimum absolute atomic E-state index is 0.0432. The predicted molar refractivity (Wildman–Crippen MR) is 85.3 cm³/mol. The van der Waals surface area contributed by atoms with Gasteiger partial charge in [-0.25, -0.2) is 4.39 Å². The lowest BCUT2D eigenvalue weighted by Gasteiger charge is -2.37. The molecular formula is C17H22FN3O2. The van der Waals surface area contributed by atoms with Crippen LogP contribution >= 0.6 is 0 Å². The summed E-state index contributed by atoms with van der Waals surface area (Å²) in [4.78, 5) is 26.6. The molecule has 6 heteroatoms. The first-order valence-corrected chi connectivity index (χ1v) is 8.09. The van der Waals surface area contributed by atoms with Gasteiger partial charge in [0, 0.05) is 31.2 Å². The van der Waals surface area contributed by atoms with Crippen LogP contribution in [-0.4, -0.2) is 35.8 Å². The number of nitrogens with zero attached hydrogens (tertiary/aromatic N) is 1. The number of carbonyl (C=O) groups excluding carboxylic acids is 2. The highest BCUT2D eigenvalue weighted by Gasteiger charge is 2.35. The van der Waals surface area contributed by atoms with Crippen molar-refractivity contribution < 1.29 is 14.0 Å². The number of fused-ring (bicyclic) bond motifs is 1. The number of carbonyl (C=O) groups is 2. The van der Waals surface area contributed by atoms with Gasteiger partial charge in [0.1, 0.15) is 5.82 Å². The smallest absolute Gasteiger partial charge is 0.230 e. The molecule has 5 nitrogen and oxygen atoms in total. The number of hydrogen-bond donors (Lipinski definition) is 2. The monoisotopic (exact) mass is 319 g/mol. The normalized spacial score (nSPS) is 25.5. The fourth-order valence-electron chi connectivity index (χ4n) is 3.52. The molecule has 0 aliphatic carbocycles. The number of nitrogens with one attached hydrogen (secondary N) is 1. The van der Waals surface area contributed by atoms with Crippen LogP contribution < -0.4 is 11.1 Å². The Morgan fingerprint density at radius 1 is 1.48 bits per heavy atom. The SMILES string of the molecule is CC(N)C1CCCN(C(=O)C2CC(=O)Nc3cc(F)ccc32)C1. The van der Waals surface area contributed by atoms with Crippen molar-refractivity contribution in [1.29, 1.82) is 0 Å². The molecule has 1 aromatic carbocycles. The van der Waals surface area contributed by atoms with Gasteiger partial charge in [-0.1, -0.05) is 6.07 Å². The molecule has 2 heterocycles. The third kappa shape index (κ3) is 3.22. The Morgan fingerprint density at radius 3 is 3.00 bits per heavy atom. The summed E-state index contributed by atoms with van der Waals surface area (Å²) in [7, 11) is 0. The van der Waals surface area contributed by atoms with Gasteiger partial charge in [-0.05, 0) is 43.4 Å². The van der Waals surface area contributed by atoms with Gasteiger partial charge < -0.3 is 16.0 Å². The molecule has 0 spiro atoms. The maximum atomic E-state index is 13.4. The number of amides is 2. The number of likely N-dealkylation sites (tertiary alicyclic amines) is 1. The van der Waals surface area contributed by atoms with E-state index in [1.807, 2.05) is 11.8 Å². The van der Waals surface area contributed by atoms with Crippen molar-refractivity contribution in [2.75, 3.05) is 18.4 Å². The minimum atomic E-state index is -0.536. The molecule has 2 amide bonds.